The van der Waals surface area contributed by atoms with Crippen LogP contribution in [0, 0.1) is 10.1 Å². The number of ether oxygens (including phenoxy) is 1. The summed E-state index contributed by atoms with van der Waals surface area (Å²) in [4.78, 5) is 41.1. The highest BCUT2D eigenvalue weighted by Crippen LogP contribution is 2.40. The molecule has 1 N–H and O–H groups in total. The number of methoxy groups -OCH3 is 1. The highest BCUT2D eigenvalue weighted by Gasteiger charge is 2.46. The van der Waals surface area contributed by atoms with Crippen LogP contribution in [-0.2, 0) is 9.59 Å². The molecule has 0 spiro atoms. The summed E-state index contributed by atoms with van der Waals surface area (Å²) in [6.45, 7) is 6.82. The molecule has 9 heteroatoms. The molecule has 1 aliphatic rings. The molecule has 0 saturated carbocycles. The normalized spacial score (nSPS) is 16.9. The van der Waals surface area contributed by atoms with Gasteiger partial charge in [0.25, 0.3) is 17.4 Å². The molecule has 1 atom stereocenters. The van der Waals surface area contributed by atoms with Gasteiger partial charge in [0.1, 0.15) is 11.5 Å². The Balaban J connectivity index is 1.80. The molecule has 1 heterocycles. The zero-order valence-corrected chi connectivity index (χ0v) is 21.7. The van der Waals surface area contributed by atoms with Gasteiger partial charge in [0.05, 0.1) is 23.6 Å². The first-order valence-corrected chi connectivity index (χ1v) is 12.6. The number of amides is 1. The second kappa shape index (κ2) is 11.4. The predicted octanol–water partition coefficient (Wildman–Crippen LogP) is 4.91. The van der Waals surface area contributed by atoms with E-state index in [9.17, 15) is 24.8 Å². The van der Waals surface area contributed by atoms with Crippen LogP contribution < -0.4 is 4.74 Å². The molecule has 38 heavy (non-hydrogen) atoms. The summed E-state index contributed by atoms with van der Waals surface area (Å²) >= 11 is 0. The summed E-state index contributed by atoms with van der Waals surface area (Å²) in [6.07, 6.45) is 0.609. The Morgan fingerprint density at radius 2 is 1.76 bits per heavy atom. The number of nitro groups is 1. The van der Waals surface area contributed by atoms with Crippen LogP contribution >= 0.6 is 0 Å². The van der Waals surface area contributed by atoms with Gasteiger partial charge in [-0.2, -0.15) is 0 Å². The van der Waals surface area contributed by atoms with Gasteiger partial charge in [0.2, 0.25) is 0 Å². The summed E-state index contributed by atoms with van der Waals surface area (Å²) in [5.74, 6) is -1.16. The molecular formula is C29H31N3O6. The van der Waals surface area contributed by atoms with E-state index in [-0.39, 0.29) is 23.6 Å². The van der Waals surface area contributed by atoms with Crippen LogP contribution in [0.3, 0.4) is 0 Å². The number of hydrogen-bond donors (Lipinski definition) is 1. The molecule has 0 bridgehead atoms. The number of rotatable bonds is 10. The van der Waals surface area contributed by atoms with E-state index in [4.69, 9.17) is 4.74 Å². The van der Waals surface area contributed by atoms with Crippen molar-refractivity contribution in [2.75, 3.05) is 33.3 Å². The zero-order valence-electron chi connectivity index (χ0n) is 21.7. The second-order valence-corrected chi connectivity index (χ2v) is 9.15. The lowest BCUT2D eigenvalue weighted by atomic mass is 9.94. The maximum Gasteiger partial charge on any atom is 0.295 e. The first kappa shape index (κ1) is 26.8. The standard InChI is InChI=1S/C29H31N3O6/c1-4-30(5-2)14-7-15-31-26(21-8-6-9-23(17-21)32(36)37)25(28(34)29(31)35)27(33)22-11-10-20-18-24(38-3)13-12-19(20)16-22/h6,8-13,16-18,26,33H,4-5,7,14-15H2,1-3H3/b27-25+. The van der Waals surface area contributed by atoms with E-state index in [2.05, 4.69) is 18.7 Å². The van der Waals surface area contributed by atoms with Gasteiger partial charge in [-0.15, -0.1) is 0 Å². The Bertz CT molecular complexity index is 1410. The van der Waals surface area contributed by atoms with E-state index in [0.717, 1.165) is 30.4 Å². The van der Waals surface area contributed by atoms with Crippen molar-refractivity contribution in [1.29, 1.82) is 0 Å². The van der Waals surface area contributed by atoms with Gasteiger partial charge < -0.3 is 19.6 Å². The SMILES string of the molecule is CCN(CC)CCCN1C(=O)C(=O)/C(=C(/O)c2ccc3cc(OC)ccc3c2)C1c1cccc([N+](=O)[O-])c1. The van der Waals surface area contributed by atoms with Crippen LogP contribution in [0.2, 0.25) is 0 Å². The number of carbonyl (C=O) groups excluding carboxylic acids is 2. The van der Waals surface area contributed by atoms with Crippen molar-refractivity contribution in [2.24, 2.45) is 0 Å². The number of carbonyl (C=O) groups is 2. The molecule has 0 aliphatic carbocycles. The van der Waals surface area contributed by atoms with E-state index in [1.54, 1.807) is 37.4 Å². The van der Waals surface area contributed by atoms with Crippen LogP contribution in [0.5, 0.6) is 5.75 Å². The Labute approximate surface area is 221 Å². The molecule has 1 unspecified atom stereocenters. The lowest BCUT2D eigenvalue weighted by Crippen LogP contribution is -2.33. The number of Topliss-reactive ketones (excluding diaryl/α,β-unsaturated/α-hetero) is 1. The molecule has 3 aromatic carbocycles. The van der Waals surface area contributed by atoms with Crippen LogP contribution in [0.1, 0.15) is 37.4 Å². The summed E-state index contributed by atoms with van der Waals surface area (Å²) in [5, 5.41) is 24.6. The number of non-ortho nitro benzene ring substituents is 1. The van der Waals surface area contributed by atoms with Crippen molar-refractivity contribution in [2.45, 2.75) is 26.3 Å². The molecule has 198 valence electrons. The predicted molar refractivity (Wildman–Crippen MR) is 145 cm³/mol. The average Bonchev–Trinajstić information content (AvgIpc) is 3.19. The third-order valence-corrected chi connectivity index (χ3v) is 7.03. The van der Waals surface area contributed by atoms with Crippen molar-refractivity contribution in [3.8, 4) is 5.75 Å². The molecule has 3 aromatic rings. The first-order chi connectivity index (χ1) is 18.3. The third kappa shape index (κ3) is 5.24. The summed E-state index contributed by atoms with van der Waals surface area (Å²) < 4.78 is 5.27. The van der Waals surface area contributed by atoms with Crippen LogP contribution in [0.25, 0.3) is 16.5 Å². The highest BCUT2D eigenvalue weighted by atomic mass is 16.6. The van der Waals surface area contributed by atoms with Crippen molar-refractivity contribution in [3.05, 3.63) is 87.5 Å². The largest absolute Gasteiger partial charge is 0.507 e. The molecule has 0 aromatic heterocycles. The molecule has 0 radical (unpaired) electrons. The lowest BCUT2D eigenvalue weighted by Gasteiger charge is -2.26. The van der Waals surface area contributed by atoms with E-state index in [1.807, 2.05) is 12.1 Å². The Kier molecular flexibility index (Phi) is 8.07. The van der Waals surface area contributed by atoms with Gasteiger partial charge in [-0.1, -0.05) is 44.2 Å². The molecule has 1 amide bonds. The fraction of sp³-hybridized carbons (Fsp3) is 0.310. The number of benzene rings is 3. The van der Waals surface area contributed by atoms with Crippen molar-refractivity contribution < 1.29 is 24.4 Å². The van der Waals surface area contributed by atoms with E-state index >= 15 is 0 Å². The van der Waals surface area contributed by atoms with E-state index < -0.39 is 22.7 Å². The average molecular weight is 518 g/mol. The summed E-state index contributed by atoms with van der Waals surface area (Å²) in [6, 6.07) is 15.6. The van der Waals surface area contributed by atoms with Crippen LogP contribution in [0.4, 0.5) is 5.69 Å². The minimum atomic E-state index is -0.946. The first-order valence-electron chi connectivity index (χ1n) is 12.6. The van der Waals surface area contributed by atoms with E-state index in [1.165, 1.54) is 23.1 Å². The quantitative estimate of drug-likeness (QED) is 0.134. The minimum absolute atomic E-state index is 0.0776. The van der Waals surface area contributed by atoms with Crippen LogP contribution in [-0.4, -0.2) is 64.8 Å². The molecule has 9 nitrogen and oxygen atoms in total. The van der Waals surface area contributed by atoms with Gasteiger partial charge in [0.15, 0.2) is 0 Å². The summed E-state index contributed by atoms with van der Waals surface area (Å²) in [7, 11) is 1.58. The summed E-state index contributed by atoms with van der Waals surface area (Å²) in [5.41, 5.74) is 0.537. The fourth-order valence-electron chi connectivity index (χ4n) is 4.92. The molecule has 1 fully saturated rings. The molecular weight excluding hydrogens is 486 g/mol. The number of ketones is 1. The Hall–Kier alpha value is -4.24. The minimum Gasteiger partial charge on any atom is -0.507 e. The number of fused-ring (bicyclic) bond motifs is 1. The van der Waals surface area contributed by atoms with Gasteiger partial charge in [0, 0.05) is 24.2 Å². The van der Waals surface area contributed by atoms with Crippen molar-refractivity contribution >= 4 is 33.9 Å². The number of likely N-dealkylation sites (tertiary alicyclic amines) is 1. The lowest BCUT2D eigenvalue weighted by molar-refractivity contribution is -0.384. The topological polar surface area (TPSA) is 113 Å². The van der Waals surface area contributed by atoms with Gasteiger partial charge in [-0.25, -0.2) is 0 Å². The van der Waals surface area contributed by atoms with Gasteiger partial charge in [-0.05, 0) is 60.6 Å². The fourth-order valence-corrected chi connectivity index (χ4v) is 4.92. The smallest absolute Gasteiger partial charge is 0.295 e. The van der Waals surface area contributed by atoms with E-state index in [0.29, 0.717) is 23.3 Å². The number of hydrogen-bond acceptors (Lipinski definition) is 7. The Morgan fingerprint density at radius 3 is 2.45 bits per heavy atom. The number of nitrogens with zero attached hydrogens (tertiary/aromatic N) is 3. The molecule has 1 aliphatic heterocycles. The zero-order chi connectivity index (χ0) is 27.4. The molecule has 1 saturated heterocycles. The molecule has 4 rings (SSSR count). The van der Waals surface area contributed by atoms with Crippen LogP contribution in [0.15, 0.2) is 66.2 Å². The highest BCUT2D eigenvalue weighted by molar-refractivity contribution is 6.46. The van der Waals surface area contributed by atoms with Crippen molar-refractivity contribution in [1.82, 2.24) is 9.80 Å². The Morgan fingerprint density at radius 1 is 1.05 bits per heavy atom. The number of nitro benzene ring substituents is 1. The second-order valence-electron chi connectivity index (χ2n) is 9.15. The van der Waals surface area contributed by atoms with Gasteiger partial charge in [-0.3, -0.25) is 19.7 Å². The number of aliphatic hydroxyl groups is 1. The number of aliphatic hydroxyl groups excluding tert-OH is 1. The monoisotopic (exact) mass is 517 g/mol. The maximum atomic E-state index is 13.3. The van der Waals surface area contributed by atoms with Gasteiger partial charge >= 0.3 is 0 Å². The third-order valence-electron chi connectivity index (χ3n) is 7.03. The maximum absolute atomic E-state index is 13.3. The van der Waals surface area contributed by atoms with Crippen molar-refractivity contribution in [3.63, 3.8) is 0 Å².